The Hall–Kier alpha value is -3.16. The van der Waals surface area contributed by atoms with Crippen LogP contribution in [0.5, 0.6) is 11.5 Å². The molecule has 7 heteroatoms. The average molecular weight is 440 g/mol. The van der Waals surface area contributed by atoms with E-state index in [9.17, 15) is 13.2 Å². The molecule has 0 spiro atoms. The van der Waals surface area contributed by atoms with Crippen molar-refractivity contribution in [1.29, 1.82) is 0 Å². The Morgan fingerprint density at radius 2 is 1.58 bits per heavy atom. The lowest BCUT2D eigenvalue weighted by Crippen LogP contribution is -2.17. The number of esters is 1. The maximum absolute atomic E-state index is 13.0. The van der Waals surface area contributed by atoms with Gasteiger partial charge in [-0.25, -0.2) is 13.2 Å². The smallest absolute Gasteiger partial charge is 0.338 e. The van der Waals surface area contributed by atoms with E-state index in [1.165, 1.54) is 12.1 Å². The van der Waals surface area contributed by atoms with Gasteiger partial charge in [0, 0.05) is 6.04 Å². The van der Waals surface area contributed by atoms with Crippen LogP contribution in [0.15, 0.2) is 82.6 Å². The predicted octanol–water partition coefficient (Wildman–Crippen LogP) is 4.38. The fourth-order valence-corrected chi connectivity index (χ4v) is 4.35. The molecule has 0 aliphatic rings. The summed E-state index contributed by atoms with van der Waals surface area (Å²) >= 11 is 0. The molecule has 6 nitrogen and oxygen atoms in total. The molecule has 3 rings (SSSR count). The summed E-state index contributed by atoms with van der Waals surface area (Å²) < 4.78 is 36.9. The highest BCUT2D eigenvalue weighted by molar-refractivity contribution is 7.91. The molecule has 0 amide bonds. The topological polar surface area (TPSA) is 95.7 Å². The number of carbonyl (C=O) groups is 1. The Morgan fingerprint density at radius 1 is 0.935 bits per heavy atom. The molecule has 0 saturated heterocycles. The minimum absolute atomic E-state index is 0.00128. The first kappa shape index (κ1) is 22.5. The van der Waals surface area contributed by atoms with Crippen LogP contribution in [-0.4, -0.2) is 27.0 Å². The van der Waals surface area contributed by atoms with Crippen molar-refractivity contribution in [1.82, 2.24) is 0 Å². The summed E-state index contributed by atoms with van der Waals surface area (Å²) in [5.41, 5.74) is 7.14. The van der Waals surface area contributed by atoms with Crippen LogP contribution in [-0.2, 0) is 21.0 Å². The second-order valence-corrected chi connectivity index (χ2v) is 9.10. The molecule has 1 atom stereocenters. The van der Waals surface area contributed by atoms with Gasteiger partial charge in [0.15, 0.2) is 0 Å². The highest BCUT2D eigenvalue weighted by Gasteiger charge is 2.18. The molecule has 31 heavy (non-hydrogen) atoms. The lowest BCUT2D eigenvalue weighted by atomic mass is 10.1. The lowest BCUT2D eigenvalue weighted by Gasteiger charge is -2.10. The molecular formula is C24H25NO5S. The number of sulfone groups is 1. The van der Waals surface area contributed by atoms with Crippen LogP contribution in [0.4, 0.5) is 0 Å². The SMILES string of the molecule is CCOC(=O)c1cccc(Oc2cccc(S(=O)(=O)c3ccc(CC(C)N)cc3)c2)c1. The third-order valence-electron chi connectivity index (χ3n) is 4.49. The first-order valence-corrected chi connectivity index (χ1v) is 11.4. The maximum atomic E-state index is 13.0. The van der Waals surface area contributed by atoms with Crippen molar-refractivity contribution in [2.45, 2.75) is 36.1 Å². The number of benzene rings is 3. The predicted molar refractivity (Wildman–Crippen MR) is 118 cm³/mol. The van der Waals surface area contributed by atoms with Gasteiger partial charge in [0.2, 0.25) is 9.84 Å². The number of hydrogen-bond acceptors (Lipinski definition) is 6. The number of carbonyl (C=O) groups excluding carboxylic acids is 1. The molecule has 0 fully saturated rings. The standard InChI is InChI=1S/C24H25NO5S/c1-3-29-24(26)19-6-4-7-20(15-19)30-21-8-5-9-23(16-21)31(27,28)22-12-10-18(11-13-22)14-17(2)25/h4-13,15-17H,3,14,25H2,1-2H3. The van der Waals surface area contributed by atoms with E-state index < -0.39 is 15.8 Å². The molecule has 0 radical (unpaired) electrons. The Labute approximate surface area is 182 Å². The zero-order valence-electron chi connectivity index (χ0n) is 17.4. The van der Waals surface area contributed by atoms with Gasteiger partial charge in [0.05, 0.1) is 22.0 Å². The average Bonchev–Trinajstić information content (AvgIpc) is 2.74. The molecular weight excluding hydrogens is 414 g/mol. The molecule has 0 heterocycles. The van der Waals surface area contributed by atoms with Crippen molar-refractivity contribution in [3.63, 3.8) is 0 Å². The Bertz CT molecular complexity index is 1150. The van der Waals surface area contributed by atoms with Crippen molar-refractivity contribution >= 4 is 15.8 Å². The quantitative estimate of drug-likeness (QED) is 0.524. The van der Waals surface area contributed by atoms with Crippen molar-refractivity contribution < 1.29 is 22.7 Å². The van der Waals surface area contributed by atoms with Crippen LogP contribution < -0.4 is 10.5 Å². The van der Waals surface area contributed by atoms with Gasteiger partial charge in [-0.2, -0.15) is 0 Å². The minimum Gasteiger partial charge on any atom is -0.462 e. The van der Waals surface area contributed by atoms with E-state index >= 15 is 0 Å². The molecule has 3 aromatic carbocycles. The summed E-state index contributed by atoms with van der Waals surface area (Å²) in [5, 5.41) is 0. The summed E-state index contributed by atoms with van der Waals surface area (Å²) in [6.45, 7) is 3.91. The fraction of sp³-hybridized carbons (Fsp3) is 0.208. The highest BCUT2D eigenvalue weighted by Crippen LogP contribution is 2.28. The Morgan fingerprint density at radius 3 is 2.23 bits per heavy atom. The van der Waals surface area contributed by atoms with Gasteiger partial charge >= 0.3 is 5.97 Å². The third-order valence-corrected chi connectivity index (χ3v) is 6.26. The van der Waals surface area contributed by atoms with E-state index in [1.54, 1.807) is 67.6 Å². The molecule has 0 aromatic heterocycles. The van der Waals surface area contributed by atoms with Gasteiger partial charge in [0.25, 0.3) is 0 Å². The summed E-state index contributed by atoms with van der Waals surface area (Å²) in [6, 6.07) is 19.5. The minimum atomic E-state index is -3.71. The van der Waals surface area contributed by atoms with Crippen LogP contribution in [0.1, 0.15) is 29.8 Å². The highest BCUT2D eigenvalue weighted by atomic mass is 32.2. The molecule has 0 aliphatic carbocycles. The second kappa shape index (κ2) is 9.76. The summed E-state index contributed by atoms with van der Waals surface area (Å²) in [4.78, 5) is 12.2. The Balaban J connectivity index is 1.83. The molecule has 0 aliphatic heterocycles. The zero-order chi connectivity index (χ0) is 22.4. The Kier molecular flexibility index (Phi) is 7.09. The molecule has 0 bridgehead atoms. The molecule has 3 aromatic rings. The van der Waals surface area contributed by atoms with Crippen LogP contribution >= 0.6 is 0 Å². The summed E-state index contributed by atoms with van der Waals surface area (Å²) in [7, 11) is -3.71. The van der Waals surface area contributed by atoms with Crippen LogP contribution in [0.25, 0.3) is 0 Å². The van der Waals surface area contributed by atoms with Crippen LogP contribution in [0.3, 0.4) is 0 Å². The van der Waals surface area contributed by atoms with Crippen molar-refractivity contribution in [3.05, 3.63) is 83.9 Å². The first-order chi connectivity index (χ1) is 14.8. The van der Waals surface area contributed by atoms with Crippen molar-refractivity contribution in [2.75, 3.05) is 6.61 Å². The van der Waals surface area contributed by atoms with E-state index in [1.807, 2.05) is 6.92 Å². The van der Waals surface area contributed by atoms with Gasteiger partial charge in [-0.3, -0.25) is 0 Å². The fourth-order valence-electron chi connectivity index (χ4n) is 3.05. The van der Waals surface area contributed by atoms with Gasteiger partial charge < -0.3 is 15.2 Å². The van der Waals surface area contributed by atoms with Crippen molar-refractivity contribution in [2.24, 2.45) is 5.73 Å². The normalized spacial score (nSPS) is 12.2. The van der Waals surface area contributed by atoms with E-state index in [0.717, 1.165) is 5.56 Å². The van der Waals surface area contributed by atoms with E-state index in [4.69, 9.17) is 15.2 Å². The zero-order valence-corrected chi connectivity index (χ0v) is 18.3. The number of hydrogen-bond donors (Lipinski definition) is 1. The van der Waals surface area contributed by atoms with Crippen LogP contribution in [0, 0.1) is 0 Å². The second-order valence-electron chi connectivity index (χ2n) is 7.15. The van der Waals surface area contributed by atoms with Gasteiger partial charge in [-0.15, -0.1) is 0 Å². The monoisotopic (exact) mass is 439 g/mol. The van der Waals surface area contributed by atoms with Gasteiger partial charge in [-0.05, 0) is 74.4 Å². The van der Waals surface area contributed by atoms with E-state index in [2.05, 4.69) is 0 Å². The largest absolute Gasteiger partial charge is 0.462 e. The summed E-state index contributed by atoms with van der Waals surface area (Å²) in [5.74, 6) is 0.299. The van der Waals surface area contributed by atoms with Gasteiger partial charge in [-0.1, -0.05) is 24.3 Å². The molecule has 0 saturated carbocycles. The number of rotatable bonds is 8. The van der Waals surface area contributed by atoms with Gasteiger partial charge in [0.1, 0.15) is 11.5 Å². The first-order valence-electron chi connectivity index (χ1n) is 9.94. The summed E-state index contributed by atoms with van der Waals surface area (Å²) in [6.07, 6.45) is 0.675. The molecule has 1 unspecified atom stereocenters. The maximum Gasteiger partial charge on any atom is 0.338 e. The molecule has 2 N–H and O–H groups in total. The number of nitrogens with two attached hydrogens (primary N) is 1. The van der Waals surface area contributed by atoms with Crippen LogP contribution in [0.2, 0.25) is 0 Å². The van der Waals surface area contributed by atoms with E-state index in [-0.39, 0.29) is 22.4 Å². The third kappa shape index (κ3) is 5.71. The van der Waals surface area contributed by atoms with Crippen molar-refractivity contribution in [3.8, 4) is 11.5 Å². The van der Waals surface area contributed by atoms with E-state index in [0.29, 0.717) is 23.5 Å². The molecule has 162 valence electrons. The lowest BCUT2D eigenvalue weighted by molar-refractivity contribution is 0.0526. The number of ether oxygens (including phenoxy) is 2.